The molecular formula is C24H33N3O3S. The lowest BCUT2D eigenvalue weighted by molar-refractivity contribution is -0.135. The molecule has 2 heterocycles. The summed E-state index contributed by atoms with van der Waals surface area (Å²) in [7, 11) is 0. The molecule has 0 saturated heterocycles. The third-order valence-corrected chi connectivity index (χ3v) is 6.42. The van der Waals surface area contributed by atoms with E-state index in [0.29, 0.717) is 19.7 Å². The molecule has 7 heteroatoms. The van der Waals surface area contributed by atoms with Gasteiger partial charge in [0, 0.05) is 24.0 Å². The summed E-state index contributed by atoms with van der Waals surface area (Å²) in [4.78, 5) is 30.7. The Kier molecular flexibility index (Phi) is 7.96. The Morgan fingerprint density at radius 3 is 2.77 bits per heavy atom. The fraction of sp³-hybridized carbons (Fsp3) is 0.500. The van der Waals surface area contributed by atoms with Crippen LogP contribution in [0, 0.1) is 6.92 Å². The zero-order valence-corrected chi connectivity index (χ0v) is 19.7. The number of carbonyl (C=O) groups is 2. The Bertz CT molecular complexity index is 896. The van der Waals surface area contributed by atoms with Gasteiger partial charge in [-0.05, 0) is 62.3 Å². The van der Waals surface area contributed by atoms with Crippen LogP contribution in [0.15, 0.2) is 35.7 Å². The number of benzene rings is 1. The molecule has 1 aliphatic heterocycles. The van der Waals surface area contributed by atoms with Crippen molar-refractivity contribution in [1.82, 2.24) is 15.1 Å². The first-order valence-electron chi connectivity index (χ1n) is 11.0. The number of hydrogen-bond acceptors (Lipinski definition) is 4. The van der Waals surface area contributed by atoms with Crippen LogP contribution in [0.25, 0.3) is 0 Å². The SMILES string of the molecule is CCCN(CC(=O)N1CCc2sccc2C1COc1ccccc1C)C(=O)NC(C)C. The van der Waals surface area contributed by atoms with Crippen molar-refractivity contribution in [3.63, 3.8) is 0 Å². The van der Waals surface area contributed by atoms with E-state index >= 15 is 0 Å². The summed E-state index contributed by atoms with van der Waals surface area (Å²) in [6.45, 7) is 9.53. The Balaban J connectivity index is 1.76. The van der Waals surface area contributed by atoms with E-state index in [-0.39, 0.29) is 30.6 Å². The minimum atomic E-state index is -0.189. The van der Waals surface area contributed by atoms with E-state index in [0.717, 1.165) is 29.7 Å². The lowest BCUT2D eigenvalue weighted by Crippen LogP contribution is -2.50. The van der Waals surface area contributed by atoms with Gasteiger partial charge >= 0.3 is 6.03 Å². The predicted octanol–water partition coefficient (Wildman–Crippen LogP) is 4.39. The van der Waals surface area contributed by atoms with E-state index in [2.05, 4.69) is 16.8 Å². The Morgan fingerprint density at radius 1 is 1.29 bits per heavy atom. The maximum atomic E-state index is 13.3. The number of urea groups is 1. The van der Waals surface area contributed by atoms with Gasteiger partial charge in [-0.3, -0.25) is 4.79 Å². The Hall–Kier alpha value is -2.54. The molecule has 1 unspecified atom stereocenters. The Morgan fingerprint density at radius 2 is 2.06 bits per heavy atom. The van der Waals surface area contributed by atoms with Gasteiger partial charge in [0.25, 0.3) is 0 Å². The number of thiophene rings is 1. The van der Waals surface area contributed by atoms with Crippen molar-refractivity contribution in [3.05, 3.63) is 51.7 Å². The predicted molar refractivity (Wildman–Crippen MR) is 125 cm³/mol. The highest BCUT2D eigenvalue weighted by Gasteiger charge is 2.33. The molecule has 3 rings (SSSR count). The molecule has 0 radical (unpaired) electrons. The van der Waals surface area contributed by atoms with Gasteiger partial charge in [-0.15, -0.1) is 11.3 Å². The molecule has 0 spiro atoms. The van der Waals surface area contributed by atoms with Crippen molar-refractivity contribution >= 4 is 23.3 Å². The average Bonchev–Trinajstić information content (AvgIpc) is 3.21. The molecule has 0 aliphatic carbocycles. The number of rotatable bonds is 8. The van der Waals surface area contributed by atoms with Crippen molar-refractivity contribution in [3.8, 4) is 5.75 Å². The summed E-state index contributed by atoms with van der Waals surface area (Å²) in [5.74, 6) is 0.795. The van der Waals surface area contributed by atoms with Crippen molar-refractivity contribution in [1.29, 1.82) is 0 Å². The molecule has 0 bridgehead atoms. The van der Waals surface area contributed by atoms with Gasteiger partial charge in [-0.25, -0.2) is 4.79 Å². The molecule has 6 nitrogen and oxygen atoms in total. The van der Waals surface area contributed by atoms with Crippen molar-refractivity contribution in [2.45, 2.75) is 52.6 Å². The number of nitrogens with one attached hydrogen (secondary N) is 1. The van der Waals surface area contributed by atoms with Crippen LogP contribution in [-0.2, 0) is 11.2 Å². The molecule has 1 N–H and O–H groups in total. The van der Waals surface area contributed by atoms with Gasteiger partial charge in [-0.1, -0.05) is 25.1 Å². The van der Waals surface area contributed by atoms with Gasteiger partial charge < -0.3 is 19.9 Å². The number of para-hydroxylation sites is 1. The maximum Gasteiger partial charge on any atom is 0.318 e. The largest absolute Gasteiger partial charge is 0.491 e. The van der Waals surface area contributed by atoms with Crippen LogP contribution in [0.2, 0.25) is 0 Å². The second-order valence-electron chi connectivity index (χ2n) is 8.25. The molecular weight excluding hydrogens is 410 g/mol. The van der Waals surface area contributed by atoms with Crippen LogP contribution in [0.4, 0.5) is 4.79 Å². The molecule has 3 amide bonds. The van der Waals surface area contributed by atoms with E-state index in [9.17, 15) is 9.59 Å². The van der Waals surface area contributed by atoms with Crippen LogP contribution < -0.4 is 10.1 Å². The first-order valence-corrected chi connectivity index (χ1v) is 11.9. The highest BCUT2D eigenvalue weighted by Crippen LogP contribution is 2.34. The minimum absolute atomic E-state index is 0.0283. The van der Waals surface area contributed by atoms with Gasteiger partial charge in [0.2, 0.25) is 5.91 Å². The molecule has 1 aliphatic rings. The normalized spacial score (nSPS) is 15.5. The molecule has 168 valence electrons. The molecule has 0 fully saturated rings. The summed E-state index contributed by atoms with van der Waals surface area (Å²) >= 11 is 1.73. The standard InChI is InChI=1S/C24H33N3O3S/c1-5-12-26(24(29)25-17(2)3)15-23(28)27-13-10-22-19(11-14-31-22)20(27)16-30-21-9-7-6-8-18(21)4/h6-9,11,14,17,20H,5,10,12-13,15-16H2,1-4H3,(H,25,29). The van der Waals surface area contributed by atoms with Crippen LogP contribution in [0.5, 0.6) is 5.75 Å². The fourth-order valence-electron chi connectivity index (χ4n) is 3.88. The van der Waals surface area contributed by atoms with Gasteiger partial charge in [-0.2, -0.15) is 0 Å². The second-order valence-corrected chi connectivity index (χ2v) is 9.25. The lowest BCUT2D eigenvalue weighted by atomic mass is 10.0. The van der Waals surface area contributed by atoms with E-state index in [1.165, 1.54) is 4.88 Å². The summed E-state index contributed by atoms with van der Waals surface area (Å²) in [6, 6.07) is 9.70. The van der Waals surface area contributed by atoms with E-state index < -0.39 is 0 Å². The summed E-state index contributed by atoms with van der Waals surface area (Å²) < 4.78 is 6.15. The zero-order chi connectivity index (χ0) is 22.4. The third-order valence-electron chi connectivity index (χ3n) is 5.42. The fourth-order valence-corrected chi connectivity index (χ4v) is 4.80. The van der Waals surface area contributed by atoms with Crippen molar-refractivity contribution in [2.24, 2.45) is 0 Å². The van der Waals surface area contributed by atoms with E-state index in [1.54, 1.807) is 16.2 Å². The molecule has 2 aromatic rings. The van der Waals surface area contributed by atoms with Crippen molar-refractivity contribution in [2.75, 3.05) is 26.2 Å². The van der Waals surface area contributed by atoms with Crippen LogP contribution in [0.3, 0.4) is 0 Å². The number of ether oxygens (including phenoxy) is 1. The number of hydrogen-bond donors (Lipinski definition) is 1. The molecule has 1 aromatic heterocycles. The minimum Gasteiger partial charge on any atom is -0.491 e. The highest BCUT2D eigenvalue weighted by molar-refractivity contribution is 7.10. The average molecular weight is 444 g/mol. The molecule has 31 heavy (non-hydrogen) atoms. The third kappa shape index (κ3) is 5.79. The summed E-state index contributed by atoms with van der Waals surface area (Å²) in [6.07, 6.45) is 1.64. The van der Waals surface area contributed by atoms with Crippen LogP contribution in [-0.4, -0.2) is 54.0 Å². The van der Waals surface area contributed by atoms with E-state index in [4.69, 9.17) is 4.74 Å². The van der Waals surface area contributed by atoms with Crippen LogP contribution >= 0.6 is 11.3 Å². The molecule has 1 aromatic carbocycles. The number of aryl methyl sites for hydroxylation is 1. The monoisotopic (exact) mass is 443 g/mol. The molecule has 1 atom stereocenters. The van der Waals surface area contributed by atoms with Crippen LogP contribution in [0.1, 0.15) is 49.2 Å². The quantitative estimate of drug-likeness (QED) is 0.658. The van der Waals surface area contributed by atoms with Gasteiger partial charge in [0.15, 0.2) is 0 Å². The maximum absolute atomic E-state index is 13.3. The van der Waals surface area contributed by atoms with E-state index in [1.807, 2.05) is 56.9 Å². The summed E-state index contributed by atoms with van der Waals surface area (Å²) in [5.41, 5.74) is 2.23. The number of carbonyl (C=O) groups excluding carboxylic acids is 2. The first kappa shape index (κ1) is 23.1. The van der Waals surface area contributed by atoms with Crippen molar-refractivity contribution < 1.29 is 14.3 Å². The smallest absolute Gasteiger partial charge is 0.318 e. The lowest BCUT2D eigenvalue weighted by Gasteiger charge is -2.37. The number of fused-ring (bicyclic) bond motifs is 1. The first-order chi connectivity index (χ1) is 14.9. The summed E-state index contributed by atoms with van der Waals surface area (Å²) in [5, 5.41) is 4.99. The van der Waals surface area contributed by atoms with Gasteiger partial charge in [0.05, 0.1) is 6.04 Å². The number of amides is 3. The van der Waals surface area contributed by atoms with Gasteiger partial charge in [0.1, 0.15) is 18.9 Å². The number of nitrogens with zero attached hydrogens (tertiary/aromatic N) is 2. The molecule has 0 saturated carbocycles. The Labute approximate surface area is 189 Å². The topological polar surface area (TPSA) is 61.9 Å². The zero-order valence-electron chi connectivity index (χ0n) is 18.9. The highest BCUT2D eigenvalue weighted by atomic mass is 32.1. The second kappa shape index (κ2) is 10.7.